The van der Waals surface area contributed by atoms with E-state index in [-0.39, 0.29) is 5.91 Å². The Morgan fingerprint density at radius 3 is 2.89 bits per heavy atom. The van der Waals surface area contributed by atoms with Gasteiger partial charge in [-0.2, -0.15) is 5.10 Å². The number of aromatic nitrogens is 2. The molecule has 0 radical (unpaired) electrons. The molecule has 1 aromatic carbocycles. The number of aryl methyl sites for hydroxylation is 1. The third-order valence-electron chi connectivity index (χ3n) is 2.62. The van der Waals surface area contributed by atoms with Crippen LogP contribution in [0.2, 0.25) is 0 Å². The van der Waals surface area contributed by atoms with Crippen LogP contribution in [0.5, 0.6) is 5.88 Å². The average molecular weight is 324 g/mol. The van der Waals surface area contributed by atoms with E-state index in [1.54, 1.807) is 20.2 Å². The van der Waals surface area contributed by atoms with Crippen LogP contribution in [0.1, 0.15) is 16.1 Å². The number of hydrogen-bond donors (Lipinski definition) is 1. The van der Waals surface area contributed by atoms with E-state index in [0.29, 0.717) is 18.1 Å². The number of benzene rings is 1. The van der Waals surface area contributed by atoms with Crippen LogP contribution in [-0.2, 0) is 13.6 Å². The first kappa shape index (κ1) is 13.6. The molecule has 1 heterocycles. The van der Waals surface area contributed by atoms with Crippen molar-refractivity contribution in [3.63, 3.8) is 0 Å². The number of amides is 1. The molecule has 0 saturated carbocycles. The number of rotatable bonds is 4. The highest BCUT2D eigenvalue weighted by Gasteiger charge is 2.12. The lowest BCUT2D eigenvalue weighted by Gasteiger charge is -2.03. The molecular formula is C13H14BrN3O2. The van der Waals surface area contributed by atoms with Crippen LogP contribution in [0.3, 0.4) is 0 Å². The van der Waals surface area contributed by atoms with Crippen molar-refractivity contribution in [1.82, 2.24) is 15.1 Å². The summed E-state index contributed by atoms with van der Waals surface area (Å²) >= 11 is 3.39. The Hall–Kier alpha value is -1.82. The van der Waals surface area contributed by atoms with E-state index in [9.17, 15) is 4.79 Å². The van der Waals surface area contributed by atoms with Gasteiger partial charge in [0.25, 0.3) is 5.91 Å². The maximum Gasteiger partial charge on any atom is 0.272 e. The van der Waals surface area contributed by atoms with E-state index in [0.717, 1.165) is 10.0 Å². The molecule has 5 nitrogen and oxygen atoms in total. The minimum atomic E-state index is -0.223. The summed E-state index contributed by atoms with van der Waals surface area (Å²) in [5.41, 5.74) is 1.36. The second-order valence-corrected chi connectivity index (χ2v) is 4.92. The minimum absolute atomic E-state index is 0.223. The zero-order valence-electron chi connectivity index (χ0n) is 10.7. The van der Waals surface area contributed by atoms with Crippen LogP contribution < -0.4 is 10.1 Å². The molecule has 0 aliphatic heterocycles. The summed E-state index contributed by atoms with van der Waals surface area (Å²) in [7, 11) is 3.27. The zero-order chi connectivity index (χ0) is 13.8. The third kappa shape index (κ3) is 3.35. The average Bonchev–Trinajstić information content (AvgIpc) is 2.77. The van der Waals surface area contributed by atoms with Gasteiger partial charge in [0, 0.05) is 24.1 Å². The Kier molecular flexibility index (Phi) is 4.21. The predicted octanol–water partition coefficient (Wildman–Crippen LogP) is 2.12. The van der Waals surface area contributed by atoms with E-state index in [1.165, 1.54) is 4.68 Å². The summed E-state index contributed by atoms with van der Waals surface area (Å²) in [5.74, 6) is 0.325. The topological polar surface area (TPSA) is 56.1 Å². The number of halogens is 1. The predicted molar refractivity (Wildman–Crippen MR) is 75.1 cm³/mol. The summed E-state index contributed by atoms with van der Waals surface area (Å²) in [4.78, 5) is 11.9. The molecule has 6 heteroatoms. The monoisotopic (exact) mass is 323 g/mol. The van der Waals surface area contributed by atoms with E-state index in [1.807, 2.05) is 24.3 Å². The number of carbonyl (C=O) groups is 1. The molecule has 0 spiro atoms. The van der Waals surface area contributed by atoms with Gasteiger partial charge in [-0.1, -0.05) is 28.1 Å². The minimum Gasteiger partial charge on any atom is -0.481 e. The van der Waals surface area contributed by atoms with E-state index < -0.39 is 0 Å². The lowest BCUT2D eigenvalue weighted by molar-refractivity contribution is 0.0945. The standard InChI is InChI=1S/C13H14BrN3O2/c1-17-12(19-2)7-11(16-17)13(18)15-8-9-4-3-5-10(14)6-9/h3-7H,8H2,1-2H3,(H,15,18). The maximum atomic E-state index is 11.9. The molecule has 0 bridgehead atoms. The van der Waals surface area contributed by atoms with Gasteiger partial charge in [0.2, 0.25) is 5.88 Å². The Bertz CT molecular complexity index is 595. The Labute approximate surface area is 119 Å². The quantitative estimate of drug-likeness (QED) is 0.937. The fraction of sp³-hybridized carbons (Fsp3) is 0.231. The molecule has 0 fully saturated rings. The summed E-state index contributed by atoms with van der Waals surface area (Å²) in [6.07, 6.45) is 0. The third-order valence-corrected chi connectivity index (χ3v) is 3.11. The maximum absolute atomic E-state index is 11.9. The molecule has 0 saturated heterocycles. The summed E-state index contributed by atoms with van der Waals surface area (Å²) in [5, 5.41) is 6.90. The number of ether oxygens (including phenoxy) is 1. The Morgan fingerprint density at radius 2 is 2.26 bits per heavy atom. The first-order valence-corrected chi connectivity index (χ1v) is 6.50. The highest BCUT2D eigenvalue weighted by molar-refractivity contribution is 9.10. The molecule has 100 valence electrons. The van der Waals surface area contributed by atoms with E-state index in [2.05, 4.69) is 26.3 Å². The summed E-state index contributed by atoms with van der Waals surface area (Å²) < 4.78 is 7.58. The van der Waals surface area contributed by atoms with Crippen LogP contribution in [0.4, 0.5) is 0 Å². The van der Waals surface area contributed by atoms with Gasteiger partial charge >= 0.3 is 0 Å². The van der Waals surface area contributed by atoms with Crippen molar-refractivity contribution in [3.8, 4) is 5.88 Å². The molecule has 0 atom stereocenters. The number of nitrogens with one attached hydrogen (secondary N) is 1. The van der Waals surface area contributed by atoms with Crippen LogP contribution in [0.15, 0.2) is 34.8 Å². The van der Waals surface area contributed by atoms with Gasteiger partial charge in [-0.05, 0) is 17.7 Å². The van der Waals surface area contributed by atoms with E-state index in [4.69, 9.17) is 4.74 Å². The van der Waals surface area contributed by atoms with Gasteiger partial charge < -0.3 is 10.1 Å². The second-order valence-electron chi connectivity index (χ2n) is 4.01. The van der Waals surface area contributed by atoms with E-state index >= 15 is 0 Å². The van der Waals surface area contributed by atoms with Gasteiger partial charge in [0.1, 0.15) is 0 Å². The molecule has 1 aromatic heterocycles. The number of hydrogen-bond acceptors (Lipinski definition) is 3. The van der Waals surface area contributed by atoms with Crippen LogP contribution in [0.25, 0.3) is 0 Å². The van der Waals surface area contributed by atoms with Crippen molar-refractivity contribution in [2.45, 2.75) is 6.54 Å². The largest absolute Gasteiger partial charge is 0.481 e. The molecule has 2 aromatic rings. The molecule has 1 N–H and O–H groups in total. The molecule has 0 aliphatic rings. The lowest BCUT2D eigenvalue weighted by Crippen LogP contribution is -2.23. The fourth-order valence-corrected chi connectivity index (χ4v) is 2.12. The molecule has 0 unspecified atom stereocenters. The smallest absolute Gasteiger partial charge is 0.272 e. The summed E-state index contributed by atoms with van der Waals surface area (Å²) in [6, 6.07) is 9.38. The lowest BCUT2D eigenvalue weighted by atomic mass is 10.2. The molecule has 2 rings (SSSR count). The molecular weight excluding hydrogens is 310 g/mol. The van der Waals surface area contributed by atoms with Crippen molar-refractivity contribution in [2.75, 3.05) is 7.11 Å². The SMILES string of the molecule is COc1cc(C(=O)NCc2cccc(Br)c2)nn1C. The van der Waals surface area contributed by atoms with Crippen molar-refractivity contribution < 1.29 is 9.53 Å². The van der Waals surface area contributed by atoms with Crippen LogP contribution >= 0.6 is 15.9 Å². The summed E-state index contributed by atoms with van der Waals surface area (Å²) in [6.45, 7) is 0.456. The van der Waals surface area contributed by atoms with Crippen molar-refractivity contribution in [3.05, 3.63) is 46.1 Å². The van der Waals surface area contributed by atoms with Crippen molar-refractivity contribution in [1.29, 1.82) is 0 Å². The van der Waals surface area contributed by atoms with Crippen molar-refractivity contribution >= 4 is 21.8 Å². The molecule has 1 amide bonds. The van der Waals surface area contributed by atoms with Gasteiger partial charge in [-0.25, -0.2) is 4.68 Å². The molecule has 19 heavy (non-hydrogen) atoms. The highest BCUT2D eigenvalue weighted by atomic mass is 79.9. The number of nitrogens with zero attached hydrogens (tertiary/aromatic N) is 2. The number of carbonyl (C=O) groups excluding carboxylic acids is 1. The Balaban J connectivity index is 2.01. The van der Waals surface area contributed by atoms with Gasteiger partial charge in [0.05, 0.1) is 7.11 Å². The normalized spacial score (nSPS) is 10.3. The van der Waals surface area contributed by atoms with Gasteiger partial charge in [-0.3, -0.25) is 4.79 Å². The van der Waals surface area contributed by atoms with Crippen molar-refractivity contribution in [2.24, 2.45) is 7.05 Å². The molecule has 0 aliphatic carbocycles. The van der Waals surface area contributed by atoms with Crippen LogP contribution in [-0.4, -0.2) is 22.8 Å². The Morgan fingerprint density at radius 1 is 1.47 bits per heavy atom. The first-order valence-electron chi connectivity index (χ1n) is 5.71. The number of methoxy groups -OCH3 is 1. The highest BCUT2D eigenvalue weighted by Crippen LogP contribution is 2.13. The van der Waals surface area contributed by atoms with Gasteiger partial charge in [-0.15, -0.1) is 0 Å². The fourth-order valence-electron chi connectivity index (χ4n) is 1.67. The zero-order valence-corrected chi connectivity index (χ0v) is 12.3. The van der Waals surface area contributed by atoms with Gasteiger partial charge in [0.15, 0.2) is 5.69 Å². The second kappa shape index (κ2) is 5.88. The first-order chi connectivity index (χ1) is 9.10. The van der Waals surface area contributed by atoms with Crippen LogP contribution in [0, 0.1) is 0 Å².